The van der Waals surface area contributed by atoms with Crippen molar-refractivity contribution < 1.29 is 23.7 Å². The van der Waals surface area contributed by atoms with Gasteiger partial charge in [-0.25, -0.2) is 4.79 Å². The Morgan fingerprint density at radius 2 is 1.16 bits per heavy atom. The number of methoxy groups -OCH3 is 2. The van der Waals surface area contributed by atoms with Gasteiger partial charge < -0.3 is 29.6 Å². The normalized spacial score (nSPS) is 26.9. The zero-order valence-corrected chi connectivity index (χ0v) is 18.4. The number of nitrogens with one attached hydrogen (secondary N) is 2. The number of hydrogen-bond acceptors (Lipinski definition) is 5. The minimum atomic E-state index is -0.727. The number of fused-ring (bicyclic) bond motifs is 1. The monoisotopic (exact) mass is 426 g/mol. The number of amides is 2. The van der Waals surface area contributed by atoms with Crippen molar-refractivity contribution in [3.8, 4) is 11.5 Å². The lowest BCUT2D eigenvalue weighted by molar-refractivity contribution is -0.150. The van der Waals surface area contributed by atoms with E-state index in [9.17, 15) is 4.79 Å². The second kappa shape index (κ2) is 8.77. The molecule has 31 heavy (non-hydrogen) atoms. The van der Waals surface area contributed by atoms with Gasteiger partial charge in [-0.1, -0.05) is 24.3 Å². The molecule has 7 heteroatoms. The molecule has 2 saturated heterocycles. The molecule has 7 nitrogen and oxygen atoms in total. The highest BCUT2D eigenvalue weighted by Gasteiger charge is 2.50. The molecule has 0 aromatic heterocycles. The van der Waals surface area contributed by atoms with Gasteiger partial charge in [-0.3, -0.25) is 0 Å². The molecule has 2 amide bonds. The van der Waals surface area contributed by atoms with Crippen LogP contribution in [0.25, 0.3) is 0 Å². The van der Waals surface area contributed by atoms with Gasteiger partial charge in [0, 0.05) is 0 Å². The fourth-order valence-electron chi connectivity index (χ4n) is 4.35. The van der Waals surface area contributed by atoms with E-state index in [-0.39, 0.29) is 30.3 Å². The van der Waals surface area contributed by atoms with Gasteiger partial charge in [-0.15, -0.1) is 0 Å². The molecule has 2 aliphatic heterocycles. The quantitative estimate of drug-likeness (QED) is 0.742. The summed E-state index contributed by atoms with van der Waals surface area (Å²) in [4.78, 5) is 12.7. The molecule has 0 bridgehead atoms. The first-order valence-corrected chi connectivity index (χ1v) is 10.6. The summed E-state index contributed by atoms with van der Waals surface area (Å²) in [6.07, 6.45) is 0.708. The molecule has 2 N–H and O–H groups in total. The first kappa shape index (κ1) is 21.5. The van der Waals surface area contributed by atoms with E-state index in [2.05, 4.69) is 10.6 Å². The van der Waals surface area contributed by atoms with E-state index in [0.717, 1.165) is 22.6 Å². The Kier molecular flexibility index (Phi) is 6.07. The molecule has 0 spiro atoms. The fraction of sp³-hybridized carbons (Fsp3) is 0.458. The molecule has 0 aliphatic carbocycles. The van der Waals surface area contributed by atoms with Gasteiger partial charge in [0.1, 0.15) is 23.7 Å². The first-order valence-electron chi connectivity index (χ1n) is 10.6. The number of benzene rings is 2. The minimum absolute atomic E-state index is 0.212. The van der Waals surface area contributed by atoms with Crippen LogP contribution in [0.15, 0.2) is 48.5 Å². The number of hydrogen-bond donors (Lipinski definition) is 2. The highest BCUT2D eigenvalue weighted by atomic mass is 16.8. The summed E-state index contributed by atoms with van der Waals surface area (Å²) >= 11 is 0. The van der Waals surface area contributed by atoms with E-state index < -0.39 is 5.79 Å². The van der Waals surface area contributed by atoms with Crippen molar-refractivity contribution in [3.63, 3.8) is 0 Å². The van der Waals surface area contributed by atoms with Gasteiger partial charge in [0.05, 0.1) is 26.3 Å². The van der Waals surface area contributed by atoms with Crippen LogP contribution in [0.2, 0.25) is 0 Å². The van der Waals surface area contributed by atoms with Crippen LogP contribution in [0, 0.1) is 0 Å². The van der Waals surface area contributed by atoms with Crippen molar-refractivity contribution in [1.29, 1.82) is 0 Å². The Labute approximate surface area is 183 Å². The number of rotatable bonds is 6. The van der Waals surface area contributed by atoms with Crippen molar-refractivity contribution in [2.45, 2.75) is 56.8 Å². The molecule has 4 atom stereocenters. The summed E-state index contributed by atoms with van der Waals surface area (Å²) < 4.78 is 23.1. The van der Waals surface area contributed by atoms with Crippen LogP contribution in [-0.2, 0) is 22.3 Å². The van der Waals surface area contributed by atoms with Crippen LogP contribution in [0.4, 0.5) is 4.79 Å². The smallest absolute Gasteiger partial charge is 0.315 e. The van der Waals surface area contributed by atoms with Crippen LogP contribution in [0.3, 0.4) is 0 Å². The summed E-state index contributed by atoms with van der Waals surface area (Å²) in [5.74, 6) is 0.874. The van der Waals surface area contributed by atoms with E-state index in [4.69, 9.17) is 18.9 Å². The van der Waals surface area contributed by atoms with E-state index in [0.29, 0.717) is 12.8 Å². The predicted octanol–water partition coefficient (Wildman–Crippen LogP) is 3.06. The average Bonchev–Trinajstić information content (AvgIpc) is 3.04. The Morgan fingerprint density at radius 3 is 1.52 bits per heavy atom. The van der Waals surface area contributed by atoms with Crippen molar-refractivity contribution in [1.82, 2.24) is 10.6 Å². The molecule has 166 valence electrons. The predicted molar refractivity (Wildman–Crippen MR) is 116 cm³/mol. The maximum absolute atomic E-state index is 12.7. The molecule has 0 unspecified atom stereocenters. The van der Waals surface area contributed by atoms with Gasteiger partial charge >= 0.3 is 6.03 Å². The maximum atomic E-state index is 12.7. The third kappa shape index (κ3) is 4.94. The van der Waals surface area contributed by atoms with Gasteiger partial charge in [0.2, 0.25) is 0 Å². The molecule has 2 aromatic carbocycles. The third-order valence-electron chi connectivity index (χ3n) is 5.82. The first-order chi connectivity index (χ1) is 14.9. The molecule has 4 rings (SSSR count). The van der Waals surface area contributed by atoms with Crippen LogP contribution in [0.1, 0.15) is 25.0 Å². The highest BCUT2D eigenvalue weighted by Crippen LogP contribution is 2.35. The van der Waals surface area contributed by atoms with E-state index in [1.165, 1.54) is 0 Å². The van der Waals surface area contributed by atoms with Crippen LogP contribution in [-0.4, -0.2) is 50.3 Å². The number of carbonyl (C=O) groups is 1. The van der Waals surface area contributed by atoms with E-state index >= 15 is 0 Å². The summed E-state index contributed by atoms with van der Waals surface area (Å²) in [7, 11) is 3.29. The topological polar surface area (TPSA) is 78.1 Å². The molecular formula is C24H30N2O5. The summed E-state index contributed by atoms with van der Waals surface area (Å²) in [6.45, 7) is 3.83. The molecule has 0 saturated carbocycles. The second-order valence-corrected chi connectivity index (χ2v) is 8.50. The molecule has 2 aromatic rings. The summed E-state index contributed by atoms with van der Waals surface area (Å²) in [5.41, 5.74) is 2.18. The summed E-state index contributed by atoms with van der Waals surface area (Å²) in [6, 6.07) is 15.1. The van der Waals surface area contributed by atoms with Crippen molar-refractivity contribution in [3.05, 3.63) is 59.7 Å². The highest BCUT2D eigenvalue weighted by molar-refractivity contribution is 5.75. The van der Waals surface area contributed by atoms with Crippen LogP contribution in [0.5, 0.6) is 11.5 Å². The fourth-order valence-corrected chi connectivity index (χ4v) is 4.35. The Hall–Kier alpha value is -2.77. The standard InChI is InChI=1S/C24H30N2O5/c1-24(2)30-21-19(13-15-5-9-17(28-3)10-6-15)25-23(27)26-20(22(21)31-24)14-16-7-11-18(29-4)12-8-16/h5-12,19-22H,13-14H2,1-4H3,(H2,25,26,27)/t19-,20-,21+,22+/m1/s1. The van der Waals surface area contributed by atoms with Crippen molar-refractivity contribution in [2.24, 2.45) is 0 Å². The summed E-state index contributed by atoms with van der Waals surface area (Å²) in [5, 5.41) is 6.19. The van der Waals surface area contributed by atoms with Crippen LogP contribution >= 0.6 is 0 Å². The Morgan fingerprint density at radius 1 is 0.774 bits per heavy atom. The van der Waals surface area contributed by atoms with Gasteiger partial charge in [0.15, 0.2) is 5.79 Å². The van der Waals surface area contributed by atoms with Crippen LogP contribution < -0.4 is 20.1 Å². The lowest BCUT2D eigenvalue weighted by Gasteiger charge is -2.26. The maximum Gasteiger partial charge on any atom is 0.315 e. The zero-order chi connectivity index (χ0) is 22.0. The van der Waals surface area contributed by atoms with Gasteiger partial charge in [-0.05, 0) is 62.1 Å². The number of urea groups is 1. The minimum Gasteiger partial charge on any atom is -0.497 e. The Balaban J connectivity index is 1.56. The molecule has 2 fully saturated rings. The van der Waals surface area contributed by atoms with E-state index in [1.54, 1.807) is 14.2 Å². The lowest BCUT2D eigenvalue weighted by Crippen LogP contribution is -2.47. The van der Waals surface area contributed by atoms with Crippen molar-refractivity contribution in [2.75, 3.05) is 14.2 Å². The number of ether oxygens (including phenoxy) is 4. The van der Waals surface area contributed by atoms with E-state index in [1.807, 2.05) is 62.4 Å². The Bertz CT molecular complexity index is 826. The van der Waals surface area contributed by atoms with Crippen molar-refractivity contribution >= 4 is 6.03 Å². The zero-order valence-electron chi connectivity index (χ0n) is 18.4. The molecule has 0 radical (unpaired) electrons. The molecule has 2 aliphatic rings. The largest absolute Gasteiger partial charge is 0.497 e. The molecule has 2 heterocycles. The lowest BCUT2D eigenvalue weighted by atomic mass is 9.92. The third-order valence-corrected chi connectivity index (χ3v) is 5.82. The van der Waals surface area contributed by atoms with Gasteiger partial charge in [0.25, 0.3) is 0 Å². The second-order valence-electron chi connectivity index (χ2n) is 8.50. The number of carbonyl (C=O) groups excluding carboxylic acids is 1. The SMILES string of the molecule is COc1ccc(C[C@H]2NC(=O)N[C@H](Cc3ccc(OC)cc3)[C@@H]3OC(C)(C)O[C@H]32)cc1. The average molecular weight is 427 g/mol. The molecular weight excluding hydrogens is 396 g/mol. The van der Waals surface area contributed by atoms with Gasteiger partial charge in [-0.2, -0.15) is 0 Å².